The van der Waals surface area contributed by atoms with Crippen molar-refractivity contribution >= 4 is 5.69 Å². The van der Waals surface area contributed by atoms with E-state index >= 15 is 0 Å². The molecule has 21 heavy (non-hydrogen) atoms. The quantitative estimate of drug-likeness (QED) is 0.760. The molecule has 1 aromatic rings. The highest BCUT2D eigenvalue weighted by Crippen LogP contribution is 2.19. The number of nitrogens with two attached hydrogens (primary N) is 1. The molecule has 0 aromatic carbocycles. The van der Waals surface area contributed by atoms with E-state index in [9.17, 15) is 0 Å². The normalized spacial score (nSPS) is 11.6. The lowest BCUT2D eigenvalue weighted by Crippen LogP contribution is -2.30. The van der Waals surface area contributed by atoms with Crippen LogP contribution in [0.1, 0.15) is 44.0 Å². The fourth-order valence-electron chi connectivity index (χ4n) is 2.57. The molecule has 0 atom stereocenters. The molecule has 0 radical (unpaired) electrons. The number of aromatic nitrogens is 1. The van der Waals surface area contributed by atoms with Gasteiger partial charge in [0, 0.05) is 18.4 Å². The highest BCUT2D eigenvalue weighted by Gasteiger charge is 2.10. The lowest BCUT2D eigenvalue weighted by atomic mass is 10.1. The van der Waals surface area contributed by atoms with E-state index in [1.54, 1.807) is 0 Å². The zero-order valence-corrected chi connectivity index (χ0v) is 14.4. The number of pyridine rings is 1. The van der Waals surface area contributed by atoms with E-state index in [1.165, 1.54) is 13.0 Å². The minimum atomic E-state index is 0.888. The van der Waals surface area contributed by atoms with Gasteiger partial charge >= 0.3 is 0 Å². The first-order valence-corrected chi connectivity index (χ1v) is 8.18. The first kappa shape index (κ1) is 17.9. The zero-order chi connectivity index (χ0) is 15.8. The molecule has 2 N–H and O–H groups in total. The molecular formula is C17H32N4. The standard InChI is InChI=1S/C17H32N4/c1-6-20(7-2)10-9-11-21(8-3)13-16-15(5)17(18)14(4)12-19-16/h12H,6-11,13H2,1-5H3,(H2,18,19). The molecule has 4 nitrogen and oxygen atoms in total. The number of hydrogen-bond donors (Lipinski definition) is 1. The topological polar surface area (TPSA) is 45.4 Å². The van der Waals surface area contributed by atoms with Crippen LogP contribution in [0.15, 0.2) is 6.20 Å². The Morgan fingerprint density at radius 2 is 1.57 bits per heavy atom. The Morgan fingerprint density at radius 3 is 2.14 bits per heavy atom. The van der Waals surface area contributed by atoms with Gasteiger partial charge in [0.25, 0.3) is 0 Å². The van der Waals surface area contributed by atoms with Crippen molar-refractivity contribution in [2.75, 3.05) is 38.5 Å². The van der Waals surface area contributed by atoms with Crippen molar-refractivity contribution in [2.45, 2.75) is 47.6 Å². The molecule has 1 rings (SSSR count). The average molecular weight is 292 g/mol. The smallest absolute Gasteiger partial charge is 0.0593 e. The number of nitrogens with zero attached hydrogens (tertiary/aromatic N) is 3. The van der Waals surface area contributed by atoms with E-state index in [2.05, 4.69) is 42.5 Å². The van der Waals surface area contributed by atoms with Gasteiger partial charge in [-0.25, -0.2) is 0 Å². The molecule has 0 aliphatic heterocycles. The second-order valence-electron chi connectivity index (χ2n) is 5.68. The van der Waals surface area contributed by atoms with Crippen LogP contribution in [0.25, 0.3) is 0 Å². The van der Waals surface area contributed by atoms with Crippen molar-refractivity contribution < 1.29 is 0 Å². The minimum absolute atomic E-state index is 0.888. The SMILES string of the molecule is CCN(CC)CCCN(CC)Cc1ncc(C)c(N)c1C. The molecule has 0 aliphatic carbocycles. The molecule has 0 bridgehead atoms. The van der Waals surface area contributed by atoms with Crippen molar-refractivity contribution in [3.05, 3.63) is 23.0 Å². The van der Waals surface area contributed by atoms with Crippen LogP contribution in [0.2, 0.25) is 0 Å². The lowest BCUT2D eigenvalue weighted by molar-refractivity contribution is 0.236. The molecule has 1 aromatic heterocycles. The van der Waals surface area contributed by atoms with Crippen LogP contribution < -0.4 is 5.73 Å². The maximum atomic E-state index is 6.11. The molecule has 0 saturated carbocycles. The van der Waals surface area contributed by atoms with Crippen molar-refractivity contribution in [1.82, 2.24) is 14.8 Å². The Morgan fingerprint density at radius 1 is 1.00 bits per heavy atom. The third-order valence-corrected chi connectivity index (χ3v) is 4.34. The molecule has 4 heteroatoms. The van der Waals surface area contributed by atoms with Crippen LogP contribution in [0, 0.1) is 13.8 Å². The first-order chi connectivity index (χ1) is 10.0. The van der Waals surface area contributed by atoms with Gasteiger partial charge in [0.2, 0.25) is 0 Å². The molecule has 0 aliphatic rings. The maximum Gasteiger partial charge on any atom is 0.0593 e. The predicted octanol–water partition coefficient (Wildman–Crippen LogP) is 2.83. The average Bonchev–Trinajstić information content (AvgIpc) is 2.50. The fourth-order valence-corrected chi connectivity index (χ4v) is 2.57. The Balaban J connectivity index is 2.56. The number of rotatable bonds is 9. The molecular weight excluding hydrogens is 260 g/mol. The van der Waals surface area contributed by atoms with E-state index in [4.69, 9.17) is 5.73 Å². The van der Waals surface area contributed by atoms with Crippen LogP contribution >= 0.6 is 0 Å². The summed E-state index contributed by atoms with van der Waals surface area (Å²) in [7, 11) is 0. The van der Waals surface area contributed by atoms with Gasteiger partial charge in [-0.15, -0.1) is 0 Å². The third-order valence-electron chi connectivity index (χ3n) is 4.34. The summed E-state index contributed by atoms with van der Waals surface area (Å²) >= 11 is 0. The van der Waals surface area contributed by atoms with Gasteiger partial charge in [0.05, 0.1) is 5.69 Å². The summed E-state index contributed by atoms with van der Waals surface area (Å²) in [6.45, 7) is 17.3. The van der Waals surface area contributed by atoms with E-state index in [0.717, 1.165) is 55.2 Å². The fraction of sp³-hybridized carbons (Fsp3) is 0.706. The molecule has 0 fully saturated rings. The van der Waals surface area contributed by atoms with Gasteiger partial charge in [-0.3, -0.25) is 9.88 Å². The number of hydrogen-bond acceptors (Lipinski definition) is 4. The van der Waals surface area contributed by atoms with Crippen molar-refractivity contribution in [3.63, 3.8) is 0 Å². The van der Waals surface area contributed by atoms with Crippen LogP contribution in [-0.4, -0.2) is 47.5 Å². The Kier molecular flexibility index (Phi) is 7.68. The number of nitrogen functional groups attached to an aromatic ring is 1. The molecule has 120 valence electrons. The van der Waals surface area contributed by atoms with Gasteiger partial charge in [-0.2, -0.15) is 0 Å². The number of anilines is 1. The van der Waals surface area contributed by atoms with Crippen molar-refractivity contribution in [2.24, 2.45) is 0 Å². The largest absolute Gasteiger partial charge is 0.398 e. The summed E-state index contributed by atoms with van der Waals surface area (Å²) in [6.07, 6.45) is 3.09. The second kappa shape index (κ2) is 9.00. The zero-order valence-electron chi connectivity index (χ0n) is 14.4. The van der Waals surface area contributed by atoms with Crippen LogP contribution in [0.5, 0.6) is 0 Å². The van der Waals surface area contributed by atoms with E-state index in [0.29, 0.717) is 0 Å². The van der Waals surface area contributed by atoms with Gasteiger partial charge in [-0.05, 0) is 64.1 Å². The van der Waals surface area contributed by atoms with Gasteiger partial charge in [-0.1, -0.05) is 20.8 Å². The Hall–Kier alpha value is -1.13. The van der Waals surface area contributed by atoms with E-state index in [-0.39, 0.29) is 0 Å². The molecule has 0 amide bonds. The Labute approximate surface area is 130 Å². The molecule has 0 spiro atoms. The molecule has 0 saturated heterocycles. The summed E-state index contributed by atoms with van der Waals surface area (Å²) in [4.78, 5) is 9.50. The Bertz CT molecular complexity index is 427. The van der Waals surface area contributed by atoms with Crippen LogP contribution in [0.4, 0.5) is 5.69 Å². The second-order valence-corrected chi connectivity index (χ2v) is 5.68. The summed E-state index contributed by atoms with van der Waals surface area (Å²) < 4.78 is 0. The highest BCUT2D eigenvalue weighted by molar-refractivity contribution is 5.53. The maximum absolute atomic E-state index is 6.11. The van der Waals surface area contributed by atoms with Gasteiger partial charge < -0.3 is 10.6 Å². The predicted molar refractivity (Wildman–Crippen MR) is 91.5 cm³/mol. The molecule has 0 unspecified atom stereocenters. The van der Waals surface area contributed by atoms with Gasteiger partial charge in [0.1, 0.15) is 0 Å². The van der Waals surface area contributed by atoms with E-state index in [1.807, 2.05) is 13.1 Å². The summed E-state index contributed by atoms with van der Waals surface area (Å²) in [6, 6.07) is 0. The van der Waals surface area contributed by atoms with Crippen LogP contribution in [-0.2, 0) is 6.54 Å². The summed E-state index contributed by atoms with van der Waals surface area (Å²) in [5.41, 5.74) is 10.3. The van der Waals surface area contributed by atoms with Gasteiger partial charge in [0.15, 0.2) is 0 Å². The first-order valence-electron chi connectivity index (χ1n) is 8.18. The summed E-state index contributed by atoms with van der Waals surface area (Å²) in [5.74, 6) is 0. The van der Waals surface area contributed by atoms with E-state index < -0.39 is 0 Å². The van der Waals surface area contributed by atoms with Crippen LogP contribution in [0.3, 0.4) is 0 Å². The van der Waals surface area contributed by atoms with Crippen molar-refractivity contribution in [3.8, 4) is 0 Å². The lowest BCUT2D eigenvalue weighted by Gasteiger charge is -2.24. The molecule has 1 heterocycles. The highest BCUT2D eigenvalue weighted by atomic mass is 15.1. The minimum Gasteiger partial charge on any atom is -0.398 e. The number of aryl methyl sites for hydroxylation is 1. The monoisotopic (exact) mass is 292 g/mol. The summed E-state index contributed by atoms with van der Waals surface area (Å²) in [5, 5.41) is 0. The third kappa shape index (κ3) is 5.29. The van der Waals surface area contributed by atoms with Crippen molar-refractivity contribution in [1.29, 1.82) is 0 Å².